The number of carbonyl (C=O) groups excluding carboxylic acids is 2. The monoisotopic (exact) mass is 406 g/mol. The molecule has 1 amide bonds. The maximum atomic E-state index is 12.9. The fourth-order valence-electron chi connectivity index (χ4n) is 4.53. The molecular weight excluding hydrogens is 376 g/mol. The van der Waals surface area contributed by atoms with Gasteiger partial charge in [0.05, 0.1) is 18.8 Å². The van der Waals surface area contributed by atoms with Gasteiger partial charge < -0.3 is 15.0 Å². The van der Waals surface area contributed by atoms with Crippen LogP contribution < -0.4 is 10.2 Å². The van der Waals surface area contributed by atoms with Crippen molar-refractivity contribution in [2.45, 2.75) is 50.9 Å². The van der Waals surface area contributed by atoms with Crippen LogP contribution in [0.3, 0.4) is 0 Å². The Hall–Kier alpha value is -2.66. The molecule has 1 aliphatic carbocycles. The van der Waals surface area contributed by atoms with Crippen molar-refractivity contribution >= 4 is 17.9 Å². The van der Waals surface area contributed by atoms with E-state index in [0.29, 0.717) is 12.2 Å². The second kappa shape index (κ2) is 9.90. The minimum Gasteiger partial charge on any atom is -0.371 e. The van der Waals surface area contributed by atoms with Crippen molar-refractivity contribution < 1.29 is 14.3 Å². The number of benzene rings is 2. The number of anilines is 1. The molecule has 158 valence electrons. The maximum absolute atomic E-state index is 12.9. The predicted molar refractivity (Wildman–Crippen MR) is 118 cm³/mol. The fourth-order valence-corrected chi connectivity index (χ4v) is 4.53. The molecule has 1 N–H and O–H groups in total. The molecule has 5 heteroatoms. The summed E-state index contributed by atoms with van der Waals surface area (Å²) in [5.41, 5.74) is 2.97. The predicted octanol–water partition coefficient (Wildman–Crippen LogP) is 3.97. The summed E-state index contributed by atoms with van der Waals surface area (Å²) in [6, 6.07) is 18.0. The molecule has 2 aromatic carbocycles. The van der Waals surface area contributed by atoms with Gasteiger partial charge in [0.1, 0.15) is 6.29 Å². The number of nitrogens with one attached hydrogen (secondary N) is 1. The van der Waals surface area contributed by atoms with E-state index in [1.807, 2.05) is 42.5 Å². The van der Waals surface area contributed by atoms with E-state index in [2.05, 4.69) is 22.3 Å². The lowest BCUT2D eigenvalue weighted by Gasteiger charge is -2.34. The van der Waals surface area contributed by atoms with Crippen molar-refractivity contribution in [3.05, 3.63) is 65.7 Å². The van der Waals surface area contributed by atoms with Crippen LogP contribution in [0.25, 0.3) is 0 Å². The zero-order valence-electron chi connectivity index (χ0n) is 17.3. The Kier molecular flexibility index (Phi) is 6.80. The van der Waals surface area contributed by atoms with Crippen LogP contribution in [0.4, 0.5) is 5.69 Å². The largest absolute Gasteiger partial charge is 0.371 e. The highest BCUT2D eigenvalue weighted by Gasteiger charge is 2.32. The number of hydrogen-bond donors (Lipinski definition) is 1. The number of ether oxygens (including phenoxy) is 1. The van der Waals surface area contributed by atoms with E-state index < -0.39 is 0 Å². The lowest BCUT2D eigenvalue weighted by Crippen LogP contribution is -2.46. The average molecular weight is 407 g/mol. The third kappa shape index (κ3) is 5.08. The van der Waals surface area contributed by atoms with Gasteiger partial charge in [-0.3, -0.25) is 9.59 Å². The summed E-state index contributed by atoms with van der Waals surface area (Å²) < 4.78 is 6.14. The molecule has 1 aliphatic heterocycles. The Bertz CT molecular complexity index is 829. The second-order valence-corrected chi connectivity index (χ2v) is 8.35. The Morgan fingerprint density at radius 2 is 1.73 bits per heavy atom. The first kappa shape index (κ1) is 20.6. The van der Waals surface area contributed by atoms with E-state index in [4.69, 9.17) is 4.74 Å². The van der Waals surface area contributed by atoms with Crippen LogP contribution in [-0.2, 0) is 16.1 Å². The minimum absolute atomic E-state index is 0.0610. The van der Waals surface area contributed by atoms with Gasteiger partial charge in [-0.1, -0.05) is 30.3 Å². The average Bonchev–Trinajstić information content (AvgIpc) is 3.25. The van der Waals surface area contributed by atoms with Crippen LogP contribution in [-0.4, -0.2) is 37.4 Å². The van der Waals surface area contributed by atoms with E-state index >= 15 is 0 Å². The second-order valence-electron chi connectivity index (χ2n) is 8.35. The van der Waals surface area contributed by atoms with Gasteiger partial charge in [-0.2, -0.15) is 0 Å². The zero-order valence-corrected chi connectivity index (χ0v) is 17.3. The molecule has 2 atom stereocenters. The van der Waals surface area contributed by atoms with Crippen LogP contribution in [0.1, 0.15) is 48.0 Å². The van der Waals surface area contributed by atoms with Gasteiger partial charge in [-0.25, -0.2) is 0 Å². The van der Waals surface area contributed by atoms with E-state index in [9.17, 15) is 9.59 Å². The first-order chi connectivity index (χ1) is 14.7. The normalized spacial score (nSPS) is 22.1. The molecule has 4 rings (SSSR count). The Morgan fingerprint density at radius 1 is 1.00 bits per heavy atom. The Balaban J connectivity index is 1.25. The molecule has 2 aliphatic rings. The van der Waals surface area contributed by atoms with Gasteiger partial charge in [0.2, 0.25) is 5.91 Å². The number of hydrogen-bond acceptors (Lipinski definition) is 4. The highest BCUT2D eigenvalue weighted by Crippen LogP contribution is 2.26. The number of aldehydes is 1. The van der Waals surface area contributed by atoms with E-state index in [-0.39, 0.29) is 24.0 Å². The summed E-state index contributed by atoms with van der Waals surface area (Å²) in [5, 5.41) is 3.28. The molecule has 0 unspecified atom stereocenters. The van der Waals surface area contributed by atoms with Gasteiger partial charge in [-0.05, 0) is 61.9 Å². The van der Waals surface area contributed by atoms with Crippen molar-refractivity contribution in [1.29, 1.82) is 0 Å². The summed E-state index contributed by atoms with van der Waals surface area (Å²) in [6.45, 7) is 2.31. The SMILES string of the molecule is O=Cc1ccc(N2CCC(C(=O)N[C@H]3CCC[C@@H]3OCc3ccccc3)CC2)cc1. The maximum Gasteiger partial charge on any atom is 0.223 e. The molecule has 5 nitrogen and oxygen atoms in total. The summed E-state index contributed by atoms with van der Waals surface area (Å²) in [6.07, 6.45) is 5.76. The van der Waals surface area contributed by atoms with Crippen molar-refractivity contribution in [2.75, 3.05) is 18.0 Å². The molecule has 0 spiro atoms. The molecule has 0 bridgehead atoms. The number of amides is 1. The molecule has 1 saturated heterocycles. The minimum atomic E-state index is 0.0610. The molecule has 2 aromatic rings. The van der Waals surface area contributed by atoms with Crippen LogP contribution in [0.15, 0.2) is 54.6 Å². The standard InChI is InChI=1S/C25H30N2O3/c28-17-19-9-11-22(12-10-19)27-15-13-21(14-16-27)25(29)26-23-7-4-8-24(23)30-18-20-5-2-1-3-6-20/h1-3,5-6,9-12,17,21,23-24H,4,7-8,13-16,18H2,(H,26,29)/t23-,24-/m0/s1. The van der Waals surface area contributed by atoms with Gasteiger partial charge in [0, 0.05) is 30.3 Å². The van der Waals surface area contributed by atoms with Crippen molar-refractivity contribution in [1.82, 2.24) is 5.32 Å². The lowest BCUT2D eigenvalue weighted by molar-refractivity contribution is -0.127. The van der Waals surface area contributed by atoms with E-state index in [1.54, 1.807) is 0 Å². The smallest absolute Gasteiger partial charge is 0.223 e. The highest BCUT2D eigenvalue weighted by molar-refractivity contribution is 5.79. The number of piperidine rings is 1. The summed E-state index contributed by atoms with van der Waals surface area (Å²) in [5.74, 6) is 0.233. The lowest BCUT2D eigenvalue weighted by atomic mass is 9.95. The van der Waals surface area contributed by atoms with Crippen LogP contribution >= 0.6 is 0 Å². The molecule has 0 aromatic heterocycles. The molecular formula is C25H30N2O3. The molecule has 1 heterocycles. The number of carbonyl (C=O) groups is 2. The number of nitrogens with zero attached hydrogens (tertiary/aromatic N) is 1. The van der Waals surface area contributed by atoms with Crippen molar-refractivity contribution in [2.24, 2.45) is 5.92 Å². The van der Waals surface area contributed by atoms with Crippen molar-refractivity contribution in [3.8, 4) is 0 Å². The fraction of sp³-hybridized carbons (Fsp3) is 0.440. The Morgan fingerprint density at radius 3 is 2.43 bits per heavy atom. The highest BCUT2D eigenvalue weighted by atomic mass is 16.5. The molecule has 2 fully saturated rings. The van der Waals surface area contributed by atoms with Gasteiger partial charge >= 0.3 is 0 Å². The quantitative estimate of drug-likeness (QED) is 0.707. The zero-order chi connectivity index (χ0) is 20.8. The summed E-state index contributed by atoms with van der Waals surface area (Å²) in [7, 11) is 0. The van der Waals surface area contributed by atoms with Crippen molar-refractivity contribution in [3.63, 3.8) is 0 Å². The molecule has 1 saturated carbocycles. The van der Waals surface area contributed by atoms with Crippen LogP contribution in [0, 0.1) is 5.92 Å². The topological polar surface area (TPSA) is 58.6 Å². The third-order valence-electron chi connectivity index (χ3n) is 6.35. The van der Waals surface area contributed by atoms with Gasteiger partial charge in [-0.15, -0.1) is 0 Å². The first-order valence-electron chi connectivity index (χ1n) is 11.0. The molecule has 0 radical (unpaired) electrons. The number of rotatable bonds is 7. The summed E-state index contributed by atoms with van der Waals surface area (Å²) >= 11 is 0. The van der Waals surface area contributed by atoms with Gasteiger partial charge in [0.15, 0.2) is 0 Å². The van der Waals surface area contributed by atoms with Crippen LogP contribution in [0.2, 0.25) is 0 Å². The Labute approximate surface area is 178 Å². The van der Waals surface area contributed by atoms with Gasteiger partial charge in [0.25, 0.3) is 0 Å². The van der Waals surface area contributed by atoms with E-state index in [1.165, 1.54) is 5.56 Å². The summed E-state index contributed by atoms with van der Waals surface area (Å²) in [4.78, 5) is 26.0. The first-order valence-corrected chi connectivity index (χ1v) is 11.0. The van der Waals surface area contributed by atoms with E-state index in [0.717, 1.165) is 57.2 Å². The van der Waals surface area contributed by atoms with Crippen LogP contribution in [0.5, 0.6) is 0 Å². The molecule has 30 heavy (non-hydrogen) atoms. The third-order valence-corrected chi connectivity index (χ3v) is 6.35.